The molecule has 2 amide bonds. The number of ether oxygens (including phenoxy) is 1. The topological polar surface area (TPSA) is 98.1 Å². The molecule has 2 N–H and O–H groups in total. The van der Waals surface area contributed by atoms with Crippen LogP contribution in [-0.2, 0) is 17.8 Å². The molecule has 0 aliphatic carbocycles. The maximum atomic E-state index is 14.6. The summed E-state index contributed by atoms with van der Waals surface area (Å²) in [4.78, 5) is 24.9. The van der Waals surface area contributed by atoms with E-state index >= 15 is 0 Å². The lowest BCUT2D eigenvalue weighted by Gasteiger charge is -2.11. The van der Waals surface area contributed by atoms with E-state index in [1.165, 1.54) is 12.1 Å². The molecule has 2 aromatic carbocycles. The largest absolute Gasteiger partial charge is 0.493 e. The van der Waals surface area contributed by atoms with E-state index in [9.17, 15) is 14.0 Å². The first kappa shape index (κ1) is 24.4. The maximum absolute atomic E-state index is 14.6. The van der Waals surface area contributed by atoms with E-state index < -0.39 is 5.82 Å². The summed E-state index contributed by atoms with van der Waals surface area (Å²) < 4.78 is 22.1. The predicted molar refractivity (Wildman–Crippen MR) is 131 cm³/mol. The van der Waals surface area contributed by atoms with Crippen molar-refractivity contribution < 1.29 is 18.7 Å². The number of aryl methyl sites for hydroxylation is 1. The van der Waals surface area contributed by atoms with Gasteiger partial charge in [-0.2, -0.15) is 0 Å². The normalized spacial score (nSPS) is 13.0. The van der Waals surface area contributed by atoms with Crippen molar-refractivity contribution in [3.8, 4) is 17.1 Å². The lowest BCUT2D eigenvalue weighted by molar-refractivity contribution is -0.116. The quantitative estimate of drug-likeness (QED) is 0.445. The monoisotopic (exact) mass is 479 g/mol. The molecule has 4 rings (SSSR count). The number of fused-ring (bicyclic) bond motifs is 1. The SMILES string of the molecule is CCOc1ccccc1C(=O)NCCCC(=O)Nc1ccc(F)c(-c2nnc3n2CCCCC3)c1. The second-order valence-electron chi connectivity index (χ2n) is 8.43. The van der Waals surface area contributed by atoms with E-state index in [0.29, 0.717) is 48.0 Å². The molecule has 1 aromatic heterocycles. The highest BCUT2D eigenvalue weighted by Gasteiger charge is 2.19. The molecular formula is C26H30FN5O3. The maximum Gasteiger partial charge on any atom is 0.255 e. The molecule has 3 aromatic rings. The zero-order valence-corrected chi connectivity index (χ0v) is 19.8. The Kier molecular flexibility index (Phi) is 8.07. The number of benzene rings is 2. The number of rotatable bonds is 9. The van der Waals surface area contributed by atoms with Gasteiger partial charge in [-0.1, -0.05) is 18.6 Å². The average molecular weight is 480 g/mol. The number of amides is 2. The van der Waals surface area contributed by atoms with Gasteiger partial charge in [-0.3, -0.25) is 9.59 Å². The smallest absolute Gasteiger partial charge is 0.255 e. The fraction of sp³-hybridized carbons (Fsp3) is 0.385. The summed E-state index contributed by atoms with van der Waals surface area (Å²) in [5.41, 5.74) is 1.28. The number of hydrogen-bond donors (Lipinski definition) is 2. The van der Waals surface area contributed by atoms with Crippen molar-refractivity contribution in [1.82, 2.24) is 20.1 Å². The minimum absolute atomic E-state index is 0.209. The predicted octanol–water partition coefficient (Wildman–Crippen LogP) is 4.36. The van der Waals surface area contributed by atoms with Crippen molar-refractivity contribution in [3.05, 3.63) is 59.7 Å². The summed E-state index contributed by atoms with van der Waals surface area (Å²) in [7, 11) is 0. The number of carbonyl (C=O) groups is 2. The standard InChI is InChI=1S/C26H30FN5O3/c1-2-35-22-10-6-5-9-19(22)26(34)28-15-8-12-24(33)29-18-13-14-21(27)20(17-18)25-31-30-23-11-4-3-7-16-32(23)25/h5-6,9-10,13-14,17H,2-4,7-8,11-12,15-16H2,1H3,(H,28,34)(H,29,33). The van der Waals surface area contributed by atoms with Gasteiger partial charge in [0, 0.05) is 31.6 Å². The zero-order chi connectivity index (χ0) is 24.6. The Bertz CT molecular complexity index is 1190. The Balaban J connectivity index is 1.32. The van der Waals surface area contributed by atoms with E-state index in [0.717, 1.165) is 38.1 Å². The van der Waals surface area contributed by atoms with Gasteiger partial charge in [-0.15, -0.1) is 10.2 Å². The van der Waals surface area contributed by atoms with Crippen LogP contribution in [0.1, 0.15) is 55.2 Å². The third kappa shape index (κ3) is 6.03. The average Bonchev–Trinajstić information content (AvgIpc) is 3.10. The van der Waals surface area contributed by atoms with Gasteiger partial charge in [0.1, 0.15) is 17.4 Å². The summed E-state index contributed by atoms with van der Waals surface area (Å²) >= 11 is 0. The molecule has 0 radical (unpaired) electrons. The van der Waals surface area contributed by atoms with Gasteiger partial charge in [0.2, 0.25) is 5.91 Å². The van der Waals surface area contributed by atoms with E-state index in [1.807, 2.05) is 17.6 Å². The van der Waals surface area contributed by atoms with Crippen LogP contribution in [0.25, 0.3) is 11.4 Å². The Labute approximate surface area is 203 Å². The number of hydrogen-bond acceptors (Lipinski definition) is 5. The van der Waals surface area contributed by atoms with Crippen LogP contribution < -0.4 is 15.4 Å². The van der Waals surface area contributed by atoms with Gasteiger partial charge >= 0.3 is 0 Å². The van der Waals surface area contributed by atoms with E-state index in [4.69, 9.17) is 4.74 Å². The number of aromatic nitrogens is 3. The summed E-state index contributed by atoms with van der Waals surface area (Å²) in [5, 5.41) is 14.1. The van der Waals surface area contributed by atoms with Gasteiger partial charge in [0.25, 0.3) is 5.91 Å². The number of nitrogens with zero attached hydrogens (tertiary/aromatic N) is 3. The molecule has 35 heavy (non-hydrogen) atoms. The second-order valence-corrected chi connectivity index (χ2v) is 8.43. The molecule has 0 unspecified atom stereocenters. The van der Waals surface area contributed by atoms with Crippen molar-refractivity contribution in [2.24, 2.45) is 0 Å². The van der Waals surface area contributed by atoms with Crippen molar-refractivity contribution in [2.45, 2.75) is 52.0 Å². The van der Waals surface area contributed by atoms with Crippen LogP contribution in [0, 0.1) is 5.82 Å². The molecule has 9 heteroatoms. The number of anilines is 1. The first-order valence-corrected chi connectivity index (χ1v) is 12.1. The van der Waals surface area contributed by atoms with Crippen molar-refractivity contribution in [1.29, 1.82) is 0 Å². The highest BCUT2D eigenvalue weighted by atomic mass is 19.1. The zero-order valence-electron chi connectivity index (χ0n) is 19.8. The molecule has 8 nitrogen and oxygen atoms in total. The lowest BCUT2D eigenvalue weighted by atomic mass is 10.1. The molecule has 0 fully saturated rings. The molecule has 0 atom stereocenters. The lowest BCUT2D eigenvalue weighted by Crippen LogP contribution is -2.26. The summed E-state index contributed by atoms with van der Waals surface area (Å²) in [5.74, 6) is 1.03. The van der Waals surface area contributed by atoms with Crippen molar-refractivity contribution in [2.75, 3.05) is 18.5 Å². The van der Waals surface area contributed by atoms with E-state index in [1.54, 1.807) is 24.3 Å². The van der Waals surface area contributed by atoms with Gasteiger partial charge in [-0.25, -0.2) is 4.39 Å². The molecule has 0 saturated heterocycles. The van der Waals surface area contributed by atoms with Gasteiger partial charge < -0.3 is 19.9 Å². The van der Waals surface area contributed by atoms with Crippen molar-refractivity contribution >= 4 is 17.5 Å². The molecule has 1 aliphatic heterocycles. The molecule has 0 bridgehead atoms. The molecule has 1 aliphatic rings. The summed E-state index contributed by atoms with van der Waals surface area (Å²) in [6, 6.07) is 11.5. The third-order valence-corrected chi connectivity index (χ3v) is 5.90. The number of halogens is 1. The van der Waals surface area contributed by atoms with Crippen molar-refractivity contribution in [3.63, 3.8) is 0 Å². The Hall–Kier alpha value is -3.75. The van der Waals surface area contributed by atoms with Crippen LogP contribution in [-0.4, -0.2) is 39.7 Å². The first-order chi connectivity index (χ1) is 17.1. The first-order valence-electron chi connectivity index (χ1n) is 12.1. The highest BCUT2D eigenvalue weighted by Crippen LogP contribution is 2.27. The molecule has 184 valence electrons. The summed E-state index contributed by atoms with van der Waals surface area (Å²) in [6.45, 7) is 3.43. The van der Waals surface area contributed by atoms with Crippen LogP contribution in [0.2, 0.25) is 0 Å². The van der Waals surface area contributed by atoms with Crippen LogP contribution in [0.5, 0.6) is 5.75 Å². The highest BCUT2D eigenvalue weighted by molar-refractivity contribution is 5.97. The number of nitrogens with one attached hydrogen (secondary N) is 2. The van der Waals surface area contributed by atoms with Gasteiger partial charge in [0.15, 0.2) is 5.82 Å². The van der Waals surface area contributed by atoms with Crippen LogP contribution in [0.4, 0.5) is 10.1 Å². The fourth-order valence-corrected chi connectivity index (χ4v) is 4.16. The number of para-hydroxylation sites is 1. The van der Waals surface area contributed by atoms with Crippen LogP contribution in [0.15, 0.2) is 42.5 Å². The number of carbonyl (C=O) groups excluding carboxylic acids is 2. The molecular weight excluding hydrogens is 449 g/mol. The third-order valence-electron chi connectivity index (χ3n) is 5.90. The van der Waals surface area contributed by atoms with E-state index in [2.05, 4.69) is 20.8 Å². The Morgan fingerprint density at radius 2 is 1.97 bits per heavy atom. The van der Waals surface area contributed by atoms with Gasteiger partial charge in [-0.05, 0) is 56.5 Å². The minimum Gasteiger partial charge on any atom is -0.493 e. The minimum atomic E-state index is -0.405. The molecule has 0 saturated carbocycles. The van der Waals surface area contributed by atoms with Crippen LogP contribution in [0.3, 0.4) is 0 Å². The molecule has 0 spiro atoms. The van der Waals surface area contributed by atoms with Gasteiger partial charge in [0.05, 0.1) is 17.7 Å². The van der Waals surface area contributed by atoms with Crippen LogP contribution >= 0.6 is 0 Å². The second kappa shape index (κ2) is 11.6. The summed E-state index contributed by atoms with van der Waals surface area (Å²) in [6.07, 6.45) is 4.67. The Morgan fingerprint density at radius 1 is 1.11 bits per heavy atom. The fourth-order valence-electron chi connectivity index (χ4n) is 4.16. The van der Waals surface area contributed by atoms with E-state index in [-0.39, 0.29) is 18.2 Å². The Morgan fingerprint density at radius 3 is 2.83 bits per heavy atom. The molecule has 2 heterocycles.